The van der Waals surface area contributed by atoms with E-state index in [0.717, 1.165) is 6.07 Å². The number of carboxylic acids is 1. The molecule has 0 radical (unpaired) electrons. The molecule has 0 bridgehead atoms. The van der Waals surface area contributed by atoms with Crippen LogP contribution in [-0.2, 0) is 17.8 Å². The Hall–Kier alpha value is -2.03. The first-order valence-electron chi connectivity index (χ1n) is 4.62. The summed E-state index contributed by atoms with van der Waals surface area (Å²) in [6.45, 7) is -0.171. The van der Waals surface area contributed by atoms with Gasteiger partial charge < -0.3 is 20.7 Å². The summed E-state index contributed by atoms with van der Waals surface area (Å²) in [6, 6.07) is 0.895. The number of nitrogens with two attached hydrogens (primary N) is 1. The van der Waals surface area contributed by atoms with E-state index in [1.165, 1.54) is 0 Å². The SMILES string of the molecule is NCc1cc(O)c(OC(F)(F)F)nc1CC(=O)O. The van der Waals surface area contributed by atoms with E-state index in [-0.39, 0.29) is 17.8 Å². The van der Waals surface area contributed by atoms with Gasteiger partial charge in [-0.3, -0.25) is 4.79 Å². The van der Waals surface area contributed by atoms with Gasteiger partial charge >= 0.3 is 12.3 Å². The minimum atomic E-state index is -5.03. The summed E-state index contributed by atoms with van der Waals surface area (Å²) in [6.07, 6.45) is -5.66. The molecule has 6 nitrogen and oxygen atoms in total. The average Bonchev–Trinajstić information content (AvgIpc) is 2.19. The zero-order chi connectivity index (χ0) is 13.9. The number of pyridine rings is 1. The number of hydrogen-bond acceptors (Lipinski definition) is 5. The third-order valence-electron chi connectivity index (χ3n) is 1.89. The molecule has 4 N–H and O–H groups in total. The first-order chi connectivity index (χ1) is 8.23. The van der Waals surface area contributed by atoms with Crippen LogP contribution in [0.25, 0.3) is 0 Å². The van der Waals surface area contributed by atoms with Crippen molar-refractivity contribution in [3.8, 4) is 11.6 Å². The van der Waals surface area contributed by atoms with E-state index in [9.17, 15) is 23.1 Å². The molecule has 0 amide bonds. The molecule has 9 heteroatoms. The molecular weight excluding hydrogens is 257 g/mol. The molecule has 0 fully saturated rings. The highest BCUT2D eigenvalue weighted by Gasteiger charge is 2.33. The van der Waals surface area contributed by atoms with Crippen LogP contribution in [0, 0.1) is 0 Å². The van der Waals surface area contributed by atoms with E-state index >= 15 is 0 Å². The summed E-state index contributed by atoms with van der Waals surface area (Å²) >= 11 is 0. The molecule has 1 heterocycles. The van der Waals surface area contributed by atoms with Gasteiger partial charge in [-0.1, -0.05) is 0 Å². The number of alkyl halides is 3. The van der Waals surface area contributed by atoms with Crippen LogP contribution in [0.5, 0.6) is 11.6 Å². The Kier molecular flexibility index (Phi) is 3.96. The van der Waals surface area contributed by atoms with Crippen molar-refractivity contribution in [1.82, 2.24) is 4.98 Å². The Morgan fingerprint density at radius 2 is 2.11 bits per heavy atom. The first-order valence-corrected chi connectivity index (χ1v) is 4.62. The van der Waals surface area contributed by atoms with Crippen molar-refractivity contribution in [2.45, 2.75) is 19.3 Å². The summed E-state index contributed by atoms with van der Waals surface area (Å²) in [4.78, 5) is 13.8. The van der Waals surface area contributed by atoms with E-state index in [4.69, 9.17) is 10.8 Å². The topological polar surface area (TPSA) is 106 Å². The lowest BCUT2D eigenvalue weighted by molar-refractivity contribution is -0.276. The lowest BCUT2D eigenvalue weighted by Crippen LogP contribution is -2.19. The molecule has 0 unspecified atom stereocenters. The molecule has 18 heavy (non-hydrogen) atoms. The molecule has 0 saturated carbocycles. The third kappa shape index (κ3) is 3.77. The van der Waals surface area contributed by atoms with Gasteiger partial charge in [-0.15, -0.1) is 13.2 Å². The maximum absolute atomic E-state index is 12.0. The minimum absolute atomic E-state index is 0.129. The van der Waals surface area contributed by atoms with Gasteiger partial charge in [0, 0.05) is 6.54 Å². The molecule has 100 valence electrons. The second kappa shape index (κ2) is 5.08. The summed E-state index contributed by atoms with van der Waals surface area (Å²) in [5.41, 5.74) is 5.20. The molecular formula is C9H9F3N2O4. The standard InChI is InChI=1S/C9H9F3N2O4/c10-9(11,12)18-8-6(15)1-4(3-13)5(14-8)2-7(16)17/h1,15H,2-3,13H2,(H,16,17). The number of carboxylic acid groups (broad SMARTS) is 1. The van der Waals surface area contributed by atoms with Gasteiger partial charge in [0.1, 0.15) is 0 Å². The van der Waals surface area contributed by atoms with Gasteiger partial charge in [0.15, 0.2) is 5.75 Å². The summed E-state index contributed by atoms with van der Waals surface area (Å²) in [7, 11) is 0. The van der Waals surface area contributed by atoms with Crippen molar-refractivity contribution >= 4 is 5.97 Å². The largest absolute Gasteiger partial charge is 0.574 e. The maximum atomic E-state index is 12.0. The van der Waals surface area contributed by atoms with E-state index in [1.807, 2.05) is 0 Å². The van der Waals surface area contributed by atoms with Crippen LogP contribution in [0.3, 0.4) is 0 Å². The molecule has 0 saturated heterocycles. The molecule has 0 aliphatic carbocycles. The van der Waals surface area contributed by atoms with E-state index in [0.29, 0.717) is 0 Å². The van der Waals surface area contributed by atoms with Crippen LogP contribution < -0.4 is 10.5 Å². The minimum Gasteiger partial charge on any atom is -0.503 e. The van der Waals surface area contributed by atoms with Crippen LogP contribution in [0.1, 0.15) is 11.3 Å². The van der Waals surface area contributed by atoms with E-state index in [1.54, 1.807) is 0 Å². The van der Waals surface area contributed by atoms with Gasteiger partial charge in [-0.2, -0.15) is 0 Å². The Labute approximate surface area is 98.8 Å². The molecule has 0 aliphatic rings. The average molecular weight is 266 g/mol. The zero-order valence-corrected chi connectivity index (χ0v) is 8.86. The van der Waals surface area contributed by atoms with Crippen molar-refractivity contribution in [2.24, 2.45) is 5.73 Å². The smallest absolute Gasteiger partial charge is 0.503 e. The lowest BCUT2D eigenvalue weighted by Gasteiger charge is -2.12. The summed E-state index contributed by atoms with van der Waals surface area (Å²) in [5.74, 6) is -3.25. The fourth-order valence-electron chi connectivity index (χ4n) is 1.22. The lowest BCUT2D eigenvalue weighted by atomic mass is 10.1. The second-order valence-corrected chi connectivity index (χ2v) is 3.24. The molecule has 0 atom stereocenters. The van der Waals surface area contributed by atoms with Crippen LogP contribution in [-0.4, -0.2) is 27.5 Å². The van der Waals surface area contributed by atoms with Crippen molar-refractivity contribution in [3.63, 3.8) is 0 Å². The number of aromatic nitrogens is 1. The van der Waals surface area contributed by atoms with Crippen LogP contribution in [0.2, 0.25) is 0 Å². The molecule has 1 rings (SSSR count). The number of ether oxygens (including phenoxy) is 1. The fraction of sp³-hybridized carbons (Fsp3) is 0.333. The highest BCUT2D eigenvalue weighted by molar-refractivity contribution is 5.70. The van der Waals surface area contributed by atoms with Gasteiger partial charge in [0.25, 0.3) is 5.88 Å². The number of aromatic hydroxyl groups is 1. The molecule has 0 aliphatic heterocycles. The predicted molar refractivity (Wildman–Crippen MR) is 51.8 cm³/mol. The van der Waals surface area contributed by atoms with Crippen LogP contribution in [0.15, 0.2) is 6.07 Å². The second-order valence-electron chi connectivity index (χ2n) is 3.24. The third-order valence-corrected chi connectivity index (χ3v) is 1.89. The monoisotopic (exact) mass is 266 g/mol. The van der Waals surface area contributed by atoms with Gasteiger partial charge in [-0.25, -0.2) is 4.98 Å². The highest BCUT2D eigenvalue weighted by Crippen LogP contribution is 2.31. The summed E-state index contributed by atoms with van der Waals surface area (Å²) in [5, 5.41) is 17.8. The fourth-order valence-corrected chi connectivity index (χ4v) is 1.22. The Morgan fingerprint density at radius 3 is 2.56 bits per heavy atom. The normalized spacial score (nSPS) is 11.3. The maximum Gasteiger partial charge on any atom is 0.574 e. The van der Waals surface area contributed by atoms with Crippen LogP contribution >= 0.6 is 0 Å². The molecule has 1 aromatic heterocycles. The Balaban J connectivity index is 3.16. The van der Waals surface area contributed by atoms with Crippen molar-refractivity contribution in [3.05, 3.63) is 17.3 Å². The van der Waals surface area contributed by atoms with Crippen molar-refractivity contribution in [2.75, 3.05) is 0 Å². The zero-order valence-electron chi connectivity index (χ0n) is 8.86. The van der Waals surface area contributed by atoms with Gasteiger partial charge in [-0.05, 0) is 11.6 Å². The number of rotatable bonds is 4. The number of hydrogen-bond donors (Lipinski definition) is 3. The number of carbonyl (C=O) groups is 1. The van der Waals surface area contributed by atoms with Gasteiger partial charge in [0.05, 0.1) is 12.1 Å². The Bertz CT molecular complexity index is 462. The van der Waals surface area contributed by atoms with Crippen molar-refractivity contribution < 1.29 is 32.9 Å². The molecule has 0 spiro atoms. The highest BCUT2D eigenvalue weighted by atomic mass is 19.4. The van der Waals surface area contributed by atoms with Gasteiger partial charge in [0.2, 0.25) is 0 Å². The van der Waals surface area contributed by atoms with Crippen LogP contribution in [0.4, 0.5) is 13.2 Å². The number of halogens is 3. The number of aliphatic carboxylic acids is 1. The quantitative estimate of drug-likeness (QED) is 0.743. The first kappa shape index (κ1) is 14.0. The Morgan fingerprint density at radius 1 is 1.50 bits per heavy atom. The van der Waals surface area contributed by atoms with E-state index < -0.39 is 30.4 Å². The predicted octanol–water partition coefficient (Wildman–Crippen LogP) is 0.772. The van der Waals surface area contributed by atoms with Crippen molar-refractivity contribution in [1.29, 1.82) is 0 Å². The van der Waals surface area contributed by atoms with E-state index in [2.05, 4.69) is 9.72 Å². The number of nitrogens with zero attached hydrogens (tertiary/aromatic N) is 1. The molecule has 0 aromatic carbocycles. The molecule has 1 aromatic rings. The summed E-state index contributed by atoms with van der Waals surface area (Å²) < 4.78 is 39.4.